The van der Waals surface area contributed by atoms with Crippen LogP contribution in [-0.4, -0.2) is 0 Å². The van der Waals surface area contributed by atoms with Crippen LogP contribution in [0.5, 0.6) is 0 Å². The fourth-order valence-electron chi connectivity index (χ4n) is 9.02. The van der Waals surface area contributed by atoms with Gasteiger partial charge < -0.3 is 0 Å². The van der Waals surface area contributed by atoms with Crippen LogP contribution < -0.4 is 0 Å². The van der Waals surface area contributed by atoms with E-state index in [0.717, 1.165) is 0 Å². The van der Waals surface area contributed by atoms with Crippen molar-refractivity contribution in [2.24, 2.45) is 0 Å². The molecule has 0 nitrogen and oxygen atoms in total. The molecule has 2 heterocycles. The maximum atomic E-state index is 2.53. The molecule has 0 unspecified atom stereocenters. The molecule has 0 N–H and O–H groups in total. The van der Waals surface area contributed by atoms with Crippen molar-refractivity contribution in [2.45, 2.75) is 0 Å². The molecule has 2 heteroatoms. The SMILES string of the molecule is c1cc(-c2ccc3ccccc3c2)cc(-c2c3ccccc3c(-c3cc4c(ccc5c6ccccc6sc54)c4c3sc3ccccc34)c3ccccc23)c1. The van der Waals surface area contributed by atoms with Crippen molar-refractivity contribution < 1.29 is 0 Å². The maximum Gasteiger partial charge on any atom is 0.0440 e. The predicted octanol–water partition coefficient (Wildman–Crippen LogP) is 16.0. The van der Waals surface area contributed by atoms with Crippen molar-refractivity contribution in [1.29, 1.82) is 0 Å². The van der Waals surface area contributed by atoms with Crippen LogP contribution in [0.25, 0.3) is 117 Å². The van der Waals surface area contributed by atoms with Gasteiger partial charge in [-0.25, -0.2) is 0 Å². The summed E-state index contributed by atoms with van der Waals surface area (Å²) in [6.45, 7) is 0. The van der Waals surface area contributed by atoms with Crippen LogP contribution in [0.4, 0.5) is 0 Å². The fraction of sp³-hybridized carbons (Fsp3) is 0. The van der Waals surface area contributed by atoms with E-state index in [0.29, 0.717) is 0 Å². The minimum Gasteiger partial charge on any atom is -0.135 e. The van der Waals surface area contributed by atoms with E-state index < -0.39 is 0 Å². The van der Waals surface area contributed by atoms with Crippen molar-refractivity contribution in [3.63, 3.8) is 0 Å². The molecule has 0 bridgehead atoms. The summed E-state index contributed by atoms with van der Waals surface area (Å²) in [5, 5.41) is 15.7. The van der Waals surface area contributed by atoms with Gasteiger partial charge in [0.05, 0.1) is 0 Å². The third-order valence-electron chi connectivity index (χ3n) is 11.4. The van der Waals surface area contributed by atoms with E-state index in [4.69, 9.17) is 0 Å². The summed E-state index contributed by atoms with van der Waals surface area (Å²) in [5.74, 6) is 0. The Morgan fingerprint density at radius 3 is 1.59 bits per heavy atom. The molecule has 0 spiro atoms. The van der Waals surface area contributed by atoms with Crippen LogP contribution in [0.3, 0.4) is 0 Å². The zero-order valence-corrected chi connectivity index (χ0v) is 30.8. The van der Waals surface area contributed by atoms with E-state index in [1.54, 1.807) is 0 Å². The summed E-state index contributed by atoms with van der Waals surface area (Å²) in [6, 6.07) is 67.8. The maximum absolute atomic E-state index is 2.53. The Labute approximate surface area is 319 Å². The number of rotatable bonds is 3. The quantitative estimate of drug-likeness (QED) is 0.160. The highest BCUT2D eigenvalue weighted by Crippen LogP contribution is 2.51. The number of fused-ring (bicyclic) bond motifs is 12. The molecular weight excluding hydrogens is 689 g/mol. The Morgan fingerprint density at radius 1 is 0.278 bits per heavy atom. The number of thiophene rings is 2. The van der Waals surface area contributed by atoms with Gasteiger partial charge in [-0.05, 0) is 95.9 Å². The highest BCUT2D eigenvalue weighted by atomic mass is 32.1. The summed E-state index contributed by atoms with van der Waals surface area (Å²) in [4.78, 5) is 0. The monoisotopic (exact) mass is 718 g/mol. The van der Waals surface area contributed by atoms with Gasteiger partial charge in [0.25, 0.3) is 0 Å². The topological polar surface area (TPSA) is 0 Å². The Morgan fingerprint density at radius 2 is 0.833 bits per heavy atom. The van der Waals surface area contributed by atoms with Crippen LogP contribution >= 0.6 is 22.7 Å². The Hall–Kier alpha value is -6.32. The summed E-state index contributed by atoms with van der Waals surface area (Å²) in [5.41, 5.74) is 7.60. The highest BCUT2D eigenvalue weighted by molar-refractivity contribution is 7.27. The van der Waals surface area contributed by atoms with Gasteiger partial charge in [0.1, 0.15) is 0 Å². The molecule has 0 atom stereocenters. The minimum absolute atomic E-state index is 1.23. The van der Waals surface area contributed by atoms with Crippen LogP contribution in [0.1, 0.15) is 0 Å². The first kappa shape index (κ1) is 30.2. The first-order valence-electron chi connectivity index (χ1n) is 18.5. The zero-order valence-electron chi connectivity index (χ0n) is 29.1. The van der Waals surface area contributed by atoms with E-state index in [1.807, 2.05) is 22.7 Å². The Bertz CT molecular complexity index is 3450. The van der Waals surface area contributed by atoms with Crippen LogP contribution in [0.15, 0.2) is 182 Å². The normalized spacial score (nSPS) is 12.1. The Balaban J connectivity index is 1.19. The van der Waals surface area contributed by atoms with E-state index in [2.05, 4.69) is 182 Å². The lowest BCUT2D eigenvalue weighted by Crippen LogP contribution is -1.92. The number of hydrogen-bond donors (Lipinski definition) is 0. The van der Waals surface area contributed by atoms with Crippen molar-refractivity contribution in [2.75, 3.05) is 0 Å². The summed E-state index contributed by atoms with van der Waals surface area (Å²) in [6.07, 6.45) is 0. The largest absolute Gasteiger partial charge is 0.135 e. The van der Waals surface area contributed by atoms with E-state index in [1.165, 1.54) is 117 Å². The standard InChI is InChI=1S/C52H30S2/c1-2-13-32-28-34(25-24-31(32)12-1)33-14-11-15-35(29-33)48-37-17-3-5-19-39(37)49(40-20-6-4-18-38(40)48)45-30-44-41(50-43-21-8-10-23-47(43)54-52(45)50)26-27-42-36-16-7-9-22-46(36)53-51(42)44/h1-30H. The van der Waals surface area contributed by atoms with Gasteiger partial charge in [-0.3, -0.25) is 0 Å². The van der Waals surface area contributed by atoms with E-state index >= 15 is 0 Å². The van der Waals surface area contributed by atoms with Crippen molar-refractivity contribution in [3.8, 4) is 33.4 Å². The lowest BCUT2D eigenvalue weighted by atomic mass is 9.84. The highest BCUT2D eigenvalue weighted by Gasteiger charge is 2.22. The second-order valence-corrected chi connectivity index (χ2v) is 16.5. The van der Waals surface area contributed by atoms with Crippen molar-refractivity contribution in [3.05, 3.63) is 182 Å². The molecule has 0 saturated carbocycles. The first-order valence-corrected chi connectivity index (χ1v) is 20.1. The second kappa shape index (κ2) is 11.6. The third kappa shape index (κ3) is 4.36. The Kier molecular flexibility index (Phi) is 6.48. The lowest BCUT2D eigenvalue weighted by molar-refractivity contribution is 1.63. The van der Waals surface area contributed by atoms with Crippen LogP contribution in [0, 0.1) is 0 Å². The lowest BCUT2D eigenvalue weighted by Gasteiger charge is -2.19. The molecule has 10 aromatic carbocycles. The molecule has 12 rings (SSSR count). The van der Waals surface area contributed by atoms with Gasteiger partial charge in [0.2, 0.25) is 0 Å². The van der Waals surface area contributed by atoms with Crippen molar-refractivity contribution >= 4 is 106 Å². The van der Waals surface area contributed by atoms with Crippen LogP contribution in [-0.2, 0) is 0 Å². The molecular formula is C52H30S2. The smallest absolute Gasteiger partial charge is 0.0440 e. The van der Waals surface area contributed by atoms with E-state index in [-0.39, 0.29) is 0 Å². The fourth-order valence-corrected chi connectivity index (χ4v) is 11.5. The van der Waals surface area contributed by atoms with Crippen LogP contribution in [0.2, 0.25) is 0 Å². The molecule has 0 saturated heterocycles. The average Bonchev–Trinajstić information content (AvgIpc) is 3.82. The molecule has 0 aliphatic carbocycles. The van der Waals surface area contributed by atoms with Gasteiger partial charge in [0, 0.05) is 51.3 Å². The zero-order chi connectivity index (χ0) is 35.3. The second-order valence-electron chi connectivity index (χ2n) is 14.3. The van der Waals surface area contributed by atoms with Gasteiger partial charge in [-0.15, -0.1) is 22.7 Å². The number of benzene rings is 10. The molecule has 0 fully saturated rings. The molecule has 12 aromatic rings. The molecule has 0 aliphatic heterocycles. The van der Waals surface area contributed by atoms with Gasteiger partial charge in [-0.2, -0.15) is 0 Å². The summed E-state index contributed by atoms with van der Waals surface area (Å²) < 4.78 is 5.38. The summed E-state index contributed by atoms with van der Waals surface area (Å²) in [7, 11) is 0. The van der Waals surface area contributed by atoms with E-state index in [9.17, 15) is 0 Å². The van der Waals surface area contributed by atoms with Gasteiger partial charge in [-0.1, -0.05) is 152 Å². The molecule has 0 radical (unpaired) electrons. The van der Waals surface area contributed by atoms with Gasteiger partial charge >= 0.3 is 0 Å². The van der Waals surface area contributed by atoms with Crippen molar-refractivity contribution in [1.82, 2.24) is 0 Å². The average molecular weight is 719 g/mol. The summed E-state index contributed by atoms with van der Waals surface area (Å²) >= 11 is 3.85. The third-order valence-corrected chi connectivity index (χ3v) is 13.8. The predicted molar refractivity (Wildman–Crippen MR) is 239 cm³/mol. The number of hydrogen-bond acceptors (Lipinski definition) is 2. The first-order chi connectivity index (χ1) is 26.8. The molecule has 250 valence electrons. The molecule has 2 aromatic heterocycles. The van der Waals surface area contributed by atoms with Gasteiger partial charge in [0.15, 0.2) is 0 Å². The molecule has 0 aliphatic rings. The molecule has 0 amide bonds. The minimum atomic E-state index is 1.23. The molecule has 54 heavy (non-hydrogen) atoms.